The molecule has 16 nitrogen and oxygen atoms in total. The number of rotatable bonds is 10. The Kier molecular flexibility index (Phi) is 10.6. The molecule has 7 N–H and O–H groups in total. The van der Waals surface area contributed by atoms with Crippen LogP contribution in [-0.2, 0) is 29.2 Å². The van der Waals surface area contributed by atoms with Gasteiger partial charge >= 0.3 is 12.1 Å². The largest absolute Gasteiger partial charge is 0.481 e. The normalized spacial score (nSPS) is 13.8. The molecule has 2 aromatic heterocycles. The van der Waals surface area contributed by atoms with Gasteiger partial charge in [-0.05, 0) is 47.5 Å². The Morgan fingerprint density at radius 1 is 1.09 bits per heavy atom. The van der Waals surface area contributed by atoms with Gasteiger partial charge in [0.15, 0.2) is 40.1 Å². The van der Waals surface area contributed by atoms with Gasteiger partial charge in [-0.2, -0.15) is 0 Å². The maximum Gasteiger partial charge on any atom is 0.410 e. The van der Waals surface area contributed by atoms with Gasteiger partial charge in [-0.15, -0.1) is 0 Å². The number of carbonyl (C=O) groups excluding carboxylic acids is 3. The molecule has 1 fully saturated rings. The van der Waals surface area contributed by atoms with Crippen molar-refractivity contribution in [3.63, 3.8) is 0 Å². The van der Waals surface area contributed by atoms with Crippen LogP contribution in [0.4, 0.5) is 16.4 Å². The minimum Gasteiger partial charge on any atom is -0.481 e. The molecule has 3 heterocycles. The first-order valence-corrected chi connectivity index (χ1v) is 15.6. The summed E-state index contributed by atoms with van der Waals surface area (Å²) in [5.41, 5.74) is 12.2. The summed E-state index contributed by atoms with van der Waals surface area (Å²) in [4.78, 5) is 60.0. The highest BCUT2D eigenvalue weighted by atomic mass is 35.5. The SMILES string of the molecule is CCn1c(CNC(=O)c2nc(Cl)c(N)nc2N)[n+](CC)c2cc(OCC(=O)O)c(C(=O)NC3CCN(C(=O)OC(C)(C)C)CC3)cc21. The Morgan fingerprint density at radius 2 is 1.77 bits per heavy atom. The molecule has 0 bridgehead atoms. The second kappa shape index (κ2) is 14.3. The van der Waals surface area contributed by atoms with Crippen molar-refractivity contribution in [1.82, 2.24) is 30.1 Å². The molecule has 1 aliphatic heterocycles. The Labute approximate surface area is 276 Å². The van der Waals surface area contributed by atoms with E-state index < -0.39 is 36.1 Å². The van der Waals surface area contributed by atoms with Crippen LogP contribution in [0.5, 0.6) is 5.75 Å². The molecule has 3 aromatic rings. The van der Waals surface area contributed by atoms with E-state index in [1.54, 1.807) is 37.8 Å². The number of carboxylic acids is 1. The number of ether oxygens (including phenoxy) is 2. The molecule has 1 aromatic carbocycles. The zero-order valence-electron chi connectivity index (χ0n) is 27.1. The third-order valence-electron chi connectivity index (χ3n) is 7.52. The third-order valence-corrected chi connectivity index (χ3v) is 7.80. The van der Waals surface area contributed by atoms with Crippen molar-refractivity contribution in [1.29, 1.82) is 0 Å². The number of nitrogens with zero attached hydrogens (tertiary/aromatic N) is 5. The van der Waals surface area contributed by atoms with Gasteiger partial charge in [-0.25, -0.2) is 28.7 Å². The number of likely N-dealkylation sites (tertiary alicyclic amines) is 1. The molecule has 0 atom stereocenters. The number of nitrogens with one attached hydrogen (secondary N) is 2. The molecule has 1 saturated heterocycles. The van der Waals surface area contributed by atoms with Gasteiger partial charge < -0.3 is 41.6 Å². The zero-order chi connectivity index (χ0) is 34.6. The smallest absolute Gasteiger partial charge is 0.410 e. The number of aromatic nitrogens is 4. The highest BCUT2D eigenvalue weighted by molar-refractivity contribution is 6.31. The average molecular weight is 675 g/mol. The van der Waals surface area contributed by atoms with E-state index in [9.17, 15) is 24.3 Å². The van der Waals surface area contributed by atoms with Crippen LogP contribution in [0.2, 0.25) is 5.15 Å². The van der Waals surface area contributed by atoms with Crippen molar-refractivity contribution in [3.8, 4) is 5.75 Å². The van der Waals surface area contributed by atoms with E-state index in [0.717, 1.165) is 0 Å². The van der Waals surface area contributed by atoms with E-state index in [-0.39, 0.29) is 46.4 Å². The number of hydrogen-bond acceptors (Lipinski definition) is 10. The fourth-order valence-electron chi connectivity index (χ4n) is 5.39. The van der Waals surface area contributed by atoms with E-state index in [4.69, 9.17) is 32.5 Å². The van der Waals surface area contributed by atoms with Crippen LogP contribution in [0.25, 0.3) is 11.0 Å². The first-order valence-electron chi connectivity index (χ1n) is 15.2. The van der Waals surface area contributed by atoms with Crippen molar-refractivity contribution in [2.45, 2.75) is 78.7 Å². The molecule has 3 amide bonds. The monoisotopic (exact) mass is 674 g/mol. The molecule has 47 heavy (non-hydrogen) atoms. The predicted molar refractivity (Wildman–Crippen MR) is 172 cm³/mol. The van der Waals surface area contributed by atoms with Crippen LogP contribution >= 0.6 is 11.6 Å². The Morgan fingerprint density at radius 3 is 2.36 bits per heavy atom. The van der Waals surface area contributed by atoms with Gasteiger partial charge in [0.1, 0.15) is 17.9 Å². The van der Waals surface area contributed by atoms with Crippen molar-refractivity contribution >= 4 is 58.1 Å². The molecule has 254 valence electrons. The number of amides is 3. The maximum absolute atomic E-state index is 13.7. The van der Waals surface area contributed by atoms with Crippen LogP contribution in [-0.4, -0.2) is 79.8 Å². The minimum atomic E-state index is -1.20. The summed E-state index contributed by atoms with van der Waals surface area (Å²) in [6.07, 6.45) is 0.623. The van der Waals surface area contributed by atoms with Gasteiger partial charge in [0.05, 0.1) is 18.7 Å². The van der Waals surface area contributed by atoms with Crippen LogP contribution < -0.4 is 31.4 Å². The van der Waals surface area contributed by atoms with E-state index in [0.29, 0.717) is 55.9 Å². The number of fused-ring (bicyclic) bond motifs is 1. The first kappa shape index (κ1) is 35.0. The quantitative estimate of drug-likeness (QED) is 0.196. The number of benzene rings is 1. The summed E-state index contributed by atoms with van der Waals surface area (Å²) in [6.45, 7) is 10.4. The van der Waals surface area contributed by atoms with Gasteiger partial charge in [0.25, 0.3) is 17.6 Å². The summed E-state index contributed by atoms with van der Waals surface area (Å²) < 4.78 is 14.9. The summed E-state index contributed by atoms with van der Waals surface area (Å²) >= 11 is 5.95. The molecule has 0 aliphatic carbocycles. The highest BCUT2D eigenvalue weighted by Crippen LogP contribution is 2.28. The molecule has 0 spiro atoms. The second-order valence-electron chi connectivity index (χ2n) is 12.0. The number of aliphatic carboxylic acids is 1. The van der Waals surface area contributed by atoms with Crippen LogP contribution in [0.1, 0.15) is 74.1 Å². The van der Waals surface area contributed by atoms with E-state index >= 15 is 0 Å². The van der Waals surface area contributed by atoms with E-state index in [1.807, 2.05) is 23.0 Å². The maximum atomic E-state index is 13.7. The van der Waals surface area contributed by atoms with Crippen molar-refractivity contribution in [3.05, 3.63) is 34.4 Å². The number of imidazole rings is 1. The molecule has 0 saturated carbocycles. The number of nitrogens with two attached hydrogens (primary N) is 2. The third kappa shape index (κ3) is 8.11. The van der Waals surface area contributed by atoms with Crippen molar-refractivity contribution < 1.29 is 38.3 Å². The fourth-order valence-corrected chi connectivity index (χ4v) is 5.52. The number of anilines is 2. The summed E-state index contributed by atoms with van der Waals surface area (Å²) in [5, 5.41) is 15.0. The highest BCUT2D eigenvalue weighted by Gasteiger charge is 2.31. The Balaban J connectivity index is 1.62. The molecular formula is C30H41ClN9O7+. The Bertz CT molecular complexity index is 1700. The summed E-state index contributed by atoms with van der Waals surface area (Å²) in [7, 11) is 0. The fraction of sp³-hybridized carbons (Fsp3) is 0.500. The predicted octanol–water partition coefficient (Wildman–Crippen LogP) is 2.10. The number of nitrogen functional groups attached to an aromatic ring is 2. The number of hydrogen-bond donors (Lipinski definition) is 5. The van der Waals surface area contributed by atoms with Crippen LogP contribution in [0.3, 0.4) is 0 Å². The molecule has 1 aliphatic rings. The van der Waals surface area contributed by atoms with Gasteiger partial charge in [0, 0.05) is 31.3 Å². The van der Waals surface area contributed by atoms with Gasteiger partial charge in [0.2, 0.25) is 0 Å². The van der Waals surface area contributed by atoms with Gasteiger partial charge in [-0.1, -0.05) is 11.6 Å². The molecular weight excluding hydrogens is 634 g/mol. The average Bonchev–Trinajstić information content (AvgIpc) is 3.30. The standard InChI is InChI=1S/C30H40ClN9O7/c1-6-39-18-12-17(27(43)35-16-8-10-38(11-9-16)29(45)47-30(3,4)5)20(46-15-22(41)42)13-19(18)40(7-2)21(39)14-34-28(44)23-25(32)37-26(33)24(31)36-23/h12-13,16H,6-11,14-15H2,1-5H3,(H6-,32,33,34,35,37,41,42,43,44)/p+1. The van der Waals surface area contributed by atoms with Crippen molar-refractivity contribution in [2.24, 2.45) is 0 Å². The van der Waals surface area contributed by atoms with E-state index in [1.165, 1.54) is 0 Å². The van der Waals surface area contributed by atoms with Crippen LogP contribution in [0.15, 0.2) is 12.1 Å². The lowest BCUT2D eigenvalue weighted by Crippen LogP contribution is -2.47. The topological polar surface area (TPSA) is 221 Å². The lowest BCUT2D eigenvalue weighted by atomic mass is 10.0. The number of aryl methyl sites for hydroxylation is 2. The molecule has 17 heteroatoms. The second-order valence-corrected chi connectivity index (χ2v) is 12.3. The number of piperidine rings is 1. The molecule has 4 rings (SSSR count). The summed E-state index contributed by atoms with van der Waals surface area (Å²) in [5.74, 6) is -1.75. The minimum absolute atomic E-state index is 0.0430. The molecule has 0 radical (unpaired) electrons. The number of carboxylic acid groups (broad SMARTS) is 1. The lowest BCUT2D eigenvalue weighted by molar-refractivity contribution is -0.676. The summed E-state index contributed by atoms with van der Waals surface area (Å²) in [6, 6.07) is 3.05. The van der Waals surface area contributed by atoms with Crippen LogP contribution in [0, 0.1) is 0 Å². The molecule has 0 unspecified atom stereocenters. The number of halogens is 1. The van der Waals surface area contributed by atoms with Gasteiger partial charge in [-0.3, -0.25) is 9.59 Å². The lowest BCUT2D eigenvalue weighted by Gasteiger charge is -2.33. The first-order chi connectivity index (χ1) is 22.1. The van der Waals surface area contributed by atoms with Crippen molar-refractivity contribution in [2.75, 3.05) is 31.2 Å². The zero-order valence-corrected chi connectivity index (χ0v) is 27.8. The Hall–Kier alpha value is -4.86. The number of carbonyl (C=O) groups is 4. The van der Waals surface area contributed by atoms with E-state index in [2.05, 4.69) is 20.6 Å².